The number of esters is 4. The maximum Gasteiger partial charge on any atom is 0.472 e. The summed E-state index contributed by atoms with van der Waals surface area (Å²) in [5, 5.41) is 10.6. The molecule has 0 aromatic rings. The average molecular weight is 1480 g/mol. The van der Waals surface area contributed by atoms with Crippen molar-refractivity contribution in [3.05, 3.63) is 24.3 Å². The molecule has 596 valence electrons. The highest BCUT2D eigenvalue weighted by Gasteiger charge is 2.30. The largest absolute Gasteiger partial charge is 0.472 e. The van der Waals surface area contributed by atoms with E-state index in [0.29, 0.717) is 25.7 Å². The van der Waals surface area contributed by atoms with Crippen LogP contribution in [0.3, 0.4) is 0 Å². The second-order valence-corrected chi connectivity index (χ2v) is 32.0. The molecule has 0 bridgehead atoms. The first-order chi connectivity index (χ1) is 49.1. The van der Waals surface area contributed by atoms with E-state index in [9.17, 15) is 43.2 Å². The molecule has 3 N–H and O–H groups in total. The monoisotopic (exact) mass is 1480 g/mol. The molecule has 0 aromatic heterocycles. The standard InChI is InChI=1S/C82H156O17P2/c1-6-10-13-16-19-22-25-28-31-32-33-34-35-36-37-39-42-45-48-51-58-63-68-81(86)98-77(71-92-79(84)65-60-55-49-46-43-41-38-29-26-23-20-17-14-11-7-2)73-96-100(88,89)94-69-76(83)70-95-101(90,91)97-74-78(72-93-80(85)66-61-56-53-52-54-59-64-75(5)9-4)99-82(87)67-62-57-50-47-44-40-30-27-24-21-18-15-12-8-3/h23,26,29,38,75-78,83H,6-22,24-25,27-28,30-37,39-74H2,1-5H3,(H,88,89)(H,90,91)/b26-23-,38-29-/t75?,76-,77-,78-/m1/s1. The number of aliphatic hydroxyl groups excluding tert-OH is 1. The molecule has 0 aliphatic rings. The number of carbonyl (C=O) groups is 4. The van der Waals surface area contributed by atoms with Crippen LogP contribution in [-0.4, -0.2) is 96.7 Å². The van der Waals surface area contributed by atoms with Gasteiger partial charge in [-0.25, -0.2) is 9.13 Å². The minimum Gasteiger partial charge on any atom is -0.462 e. The fraction of sp³-hybridized carbons (Fsp3) is 0.902. The lowest BCUT2D eigenvalue weighted by Crippen LogP contribution is -2.30. The van der Waals surface area contributed by atoms with E-state index in [-0.39, 0.29) is 25.7 Å². The Hall–Kier alpha value is -2.46. The molecular formula is C82H156O17P2. The van der Waals surface area contributed by atoms with Crippen LogP contribution in [-0.2, 0) is 65.4 Å². The van der Waals surface area contributed by atoms with Crippen molar-refractivity contribution in [3.63, 3.8) is 0 Å². The second-order valence-electron chi connectivity index (χ2n) is 29.1. The molecule has 19 heteroatoms. The molecule has 0 amide bonds. The van der Waals surface area contributed by atoms with E-state index in [2.05, 4.69) is 58.9 Å². The molecule has 0 saturated heterocycles. The van der Waals surface area contributed by atoms with Crippen LogP contribution in [0.4, 0.5) is 0 Å². The summed E-state index contributed by atoms with van der Waals surface area (Å²) in [6, 6.07) is 0. The third-order valence-electron chi connectivity index (χ3n) is 19.0. The molecule has 0 rings (SSSR count). The Labute approximate surface area is 618 Å². The zero-order valence-electron chi connectivity index (χ0n) is 65.5. The zero-order valence-corrected chi connectivity index (χ0v) is 67.3. The van der Waals surface area contributed by atoms with Crippen molar-refractivity contribution >= 4 is 39.5 Å². The molecule has 0 radical (unpaired) electrons. The van der Waals surface area contributed by atoms with Crippen molar-refractivity contribution in [1.82, 2.24) is 0 Å². The van der Waals surface area contributed by atoms with Gasteiger partial charge < -0.3 is 33.8 Å². The number of unbranched alkanes of at least 4 members (excludes halogenated alkanes) is 48. The Balaban J connectivity index is 5.24. The van der Waals surface area contributed by atoms with Crippen LogP contribution in [0.5, 0.6) is 0 Å². The van der Waals surface area contributed by atoms with Crippen molar-refractivity contribution in [2.75, 3.05) is 39.6 Å². The molecule has 101 heavy (non-hydrogen) atoms. The Bertz CT molecular complexity index is 2020. The highest BCUT2D eigenvalue weighted by atomic mass is 31.2. The zero-order chi connectivity index (χ0) is 74.1. The predicted octanol–water partition coefficient (Wildman–Crippen LogP) is 24.4. The van der Waals surface area contributed by atoms with Gasteiger partial charge in [0.05, 0.1) is 26.4 Å². The van der Waals surface area contributed by atoms with Crippen molar-refractivity contribution in [1.29, 1.82) is 0 Å². The minimum absolute atomic E-state index is 0.102. The highest BCUT2D eigenvalue weighted by Crippen LogP contribution is 2.45. The van der Waals surface area contributed by atoms with Gasteiger partial charge in [-0.3, -0.25) is 37.3 Å². The molecule has 0 aliphatic heterocycles. The van der Waals surface area contributed by atoms with E-state index in [1.54, 1.807) is 0 Å². The van der Waals surface area contributed by atoms with Gasteiger partial charge in [-0.1, -0.05) is 361 Å². The molecule has 17 nitrogen and oxygen atoms in total. The highest BCUT2D eigenvalue weighted by molar-refractivity contribution is 7.47. The fourth-order valence-corrected chi connectivity index (χ4v) is 13.8. The number of ether oxygens (including phenoxy) is 4. The van der Waals surface area contributed by atoms with E-state index in [1.165, 1.54) is 212 Å². The molecule has 0 saturated carbocycles. The molecule has 6 atom stereocenters. The number of rotatable bonds is 80. The lowest BCUT2D eigenvalue weighted by Gasteiger charge is -2.21. The summed E-state index contributed by atoms with van der Waals surface area (Å²) in [7, 11) is -9.93. The first-order valence-corrected chi connectivity index (χ1v) is 45.0. The van der Waals surface area contributed by atoms with Crippen molar-refractivity contribution in [2.24, 2.45) is 5.92 Å². The Morgan fingerprint density at radius 3 is 0.842 bits per heavy atom. The van der Waals surface area contributed by atoms with E-state index in [0.717, 1.165) is 121 Å². The van der Waals surface area contributed by atoms with Crippen LogP contribution in [0.1, 0.15) is 413 Å². The topological polar surface area (TPSA) is 237 Å². The maximum atomic E-state index is 13.1. The normalized spacial score (nSPS) is 14.3. The summed E-state index contributed by atoms with van der Waals surface area (Å²) in [4.78, 5) is 73.0. The van der Waals surface area contributed by atoms with Gasteiger partial charge in [0.2, 0.25) is 0 Å². The van der Waals surface area contributed by atoms with Gasteiger partial charge in [-0.05, 0) is 57.3 Å². The van der Waals surface area contributed by atoms with E-state index in [1.807, 2.05) is 0 Å². The molecule has 0 fully saturated rings. The summed E-state index contributed by atoms with van der Waals surface area (Å²) in [6.07, 6.45) is 68.9. The smallest absolute Gasteiger partial charge is 0.462 e. The van der Waals surface area contributed by atoms with Gasteiger partial charge in [-0.15, -0.1) is 0 Å². The molecule has 3 unspecified atom stereocenters. The fourth-order valence-electron chi connectivity index (χ4n) is 12.2. The number of carbonyl (C=O) groups excluding carboxylic acids is 4. The first-order valence-electron chi connectivity index (χ1n) is 42.0. The number of phosphoric acid groups is 2. The van der Waals surface area contributed by atoms with Crippen LogP contribution >= 0.6 is 15.6 Å². The van der Waals surface area contributed by atoms with Crippen molar-refractivity contribution in [2.45, 2.75) is 432 Å². The van der Waals surface area contributed by atoms with Gasteiger partial charge in [0.25, 0.3) is 0 Å². The quantitative estimate of drug-likeness (QED) is 0.0169. The number of allylic oxidation sites excluding steroid dienone is 4. The molecule has 0 spiro atoms. The van der Waals surface area contributed by atoms with Gasteiger partial charge in [0.15, 0.2) is 12.2 Å². The number of hydrogen-bond donors (Lipinski definition) is 3. The summed E-state index contributed by atoms with van der Waals surface area (Å²) in [5.74, 6) is -1.41. The Morgan fingerprint density at radius 2 is 0.554 bits per heavy atom. The van der Waals surface area contributed by atoms with Gasteiger partial charge >= 0.3 is 39.5 Å². The van der Waals surface area contributed by atoms with Crippen LogP contribution in [0.15, 0.2) is 24.3 Å². The SMILES string of the molecule is CCCCCC/C=C\C=C/CCCCCCCC(=O)OC[C@H](COP(=O)(O)OC[C@@H](O)COP(=O)(O)OC[C@@H](COC(=O)CCCCCCCCC(C)CC)OC(=O)CCCCCCCCCCCCCCCC)OC(=O)CCCCCCCCCCCCCCCCCCCCCCCC. The lowest BCUT2D eigenvalue weighted by molar-refractivity contribution is -0.161. The summed E-state index contributed by atoms with van der Waals surface area (Å²) < 4.78 is 68.7. The number of phosphoric ester groups is 2. The maximum absolute atomic E-state index is 13.1. The summed E-state index contributed by atoms with van der Waals surface area (Å²) >= 11 is 0. The molecule has 0 aromatic carbocycles. The molecular weight excluding hydrogens is 1320 g/mol. The molecule has 0 heterocycles. The number of hydrogen-bond acceptors (Lipinski definition) is 15. The summed E-state index contributed by atoms with van der Waals surface area (Å²) in [5.41, 5.74) is 0. The van der Waals surface area contributed by atoms with Crippen LogP contribution < -0.4 is 0 Å². The first kappa shape index (κ1) is 98.5. The third kappa shape index (κ3) is 74.2. The van der Waals surface area contributed by atoms with Crippen molar-refractivity contribution in [3.8, 4) is 0 Å². The van der Waals surface area contributed by atoms with Crippen molar-refractivity contribution < 1.29 is 80.2 Å². The van der Waals surface area contributed by atoms with Gasteiger partial charge in [0.1, 0.15) is 19.3 Å². The Kier molecular flexibility index (Phi) is 72.6. The van der Waals surface area contributed by atoms with E-state index >= 15 is 0 Å². The van der Waals surface area contributed by atoms with E-state index < -0.39 is 97.5 Å². The third-order valence-corrected chi connectivity index (χ3v) is 20.9. The number of aliphatic hydroxyl groups is 1. The minimum atomic E-state index is -4.97. The van der Waals surface area contributed by atoms with Crippen LogP contribution in [0, 0.1) is 5.92 Å². The summed E-state index contributed by atoms with van der Waals surface area (Å²) in [6.45, 7) is 7.22. The van der Waals surface area contributed by atoms with Gasteiger partial charge in [-0.2, -0.15) is 0 Å². The van der Waals surface area contributed by atoms with Gasteiger partial charge in [0, 0.05) is 25.7 Å². The predicted molar refractivity (Wildman–Crippen MR) is 414 cm³/mol. The van der Waals surface area contributed by atoms with E-state index in [4.69, 9.17) is 37.0 Å². The molecule has 0 aliphatic carbocycles. The lowest BCUT2D eigenvalue weighted by atomic mass is 10.00. The Morgan fingerprint density at radius 1 is 0.317 bits per heavy atom. The van der Waals surface area contributed by atoms with Crippen LogP contribution in [0.25, 0.3) is 0 Å². The average Bonchev–Trinajstić information content (AvgIpc) is 0.966. The van der Waals surface area contributed by atoms with Crippen LogP contribution in [0.2, 0.25) is 0 Å². The second kappa shape index (κ2) is 74.4.